The van der Waals surface area contributed by atoms with Crippen LogP contribution in [0, 0.1) is 5.82 Å². The Morgan fingerprint density at radius 3 is 2.26 bits per heavy atom. The summed E-state index contributed by atoms with van der Waals surface area (Å²) in [4.78, 5) is 11.5. The van der Waals surface area contributed by atoms with Gasteiger partial charge >= 0.3 is 5.97 Å². The molecule has 7 heteroatoms. The van der Waals surface area contributed by atoms with E-state index in [1.807, 2.05) is 0 Å². The zero-order valence-corrected chi connectivity index (χ0v) is 11.8. The number of nitrogens with zero attached hydrogens (tertiary/aromatic N) is 1. The summed E-state index contributed by atoms with van der Waals surface area (Å²) in [6, 6.07) is 4.83. The first kappa shape index (κ1) is 15.4. The highest BCUT2D eigenvalue weighted by atomic mass is 32.2. The van der Waals surface area contributed by atoms with Gasteiger partial charge in [0.25, 0.3) is 0 Å². The standard InChI is InChI=1S/C12H16FNO4S/c1-9(2)18-12(15)8-14(19(3,16)17)11-6-4-10(13)5-7-11/h4-7,9H,8H2,1-3H3. The second-order valence-electron chi connectivity index (χ2n) is 4.28. The van der Waals surface area contributed by atoms with Crippen molar-refractivity contribution in [3.63, 3.8) is 0 Å². The molecule has 0 fully saturated rings. The van der Waals surface area contributed by atoms with Crippen LogP contribution in [0.1, 0.15) is 13.8 Å². The molecule has 0 aromatic heterocycles. The van der Waals surface area contributed by atoms with E-state index in [1.165, 1.54) is 12.1 Å². The molecule has 0 aliphatic rings. The number of rotatable bonds is 5. The quantitative estimate of drug-likeness (QED) is 0.771. The van der Waals surface area contributed by atoms with E-state index in [1.54, 1.807) is 13.8 Å². The van der Waals surface area contributed by atoms with Crippen LogP contribution in [0.5, 0.6) is 0 Å². The van der Waals surface area contributed by atoms with Crippen molar-refractivity contribution in [2.24, 2.45) is 0 Å². The molecule has 1 rings (SSSR count). The highest BCUT2D eigenvalue weighted by Gasteiger charge is 2.22. The second kappa shape index (κ2) is 6.01. The van der Waals surface area contributed by atoms with Crippen molar-refractivity contribution in [1.29, 1.82) is 0 Å². The Balaban J connectivity index is 2.97. The van der Waals surface area contributed by atoms with Crippen LogP contribution in [-0.4, -0.2) is 33.3 Å². The third kappa shape index (κ3) is 4.86. The van der Waals surface area contributed by atoms with Crippen LogP contribution < -0.4 is 4.31 Å². The van der Waals surface area contributed by atoms with Gasteiger partial charge in [-0.2, -0.15) is 0 Å². The monoisotopic (exact) mass is 289 g/mol. The predicted molar refractivity (Wildman–Crippen MR) is 69.8 cm³/mol. The summed E-state index contributed by atoms with van der Waals surface area (Å²) in [7, 11) is -3.65. The maximum Gasteiger partial charge on any atom is 0.327 e. The minimum atomic E-state index is -3.65. The molecule has 1 aromatic carbocycles. The molecule has 106 valence electrons. The van der Waals surface area contributed by atoms with Crippen LogP contribution in [-0.2, 0) is 19.6 Å². The number of carbonyl (C=O) groups is 1. The van der Waals surface area contributed by atoms with Gasteiger partial charge in [0.05, 0.1) is 18.0 Å². The molecule has 0 N–H and O–H groups in total. The van der Waals surface area contributed by atoms with Gasteiger partial charge in [0.15, 0.2) is 0 Å². The van der Waals surface area contributed by atoms with Crippen molar-refractivity contribution >= 4 is 21.7 Å². The first-order valence-corrected chi connectivity index (χ1v) is 7.47. The molecular weight excluding hydrogens is 273 g/mol. The summed E-state index contributed by atoms with van der Waals surface area (Å²) in [6.45, 7) is 2.89. The normalized spacial score (nSPS) is 11.4. The fraction of sp³-hybridized carbons (Fsp3) is 0.417. The van der Waals surface area contributed by atoms with Gasteiger partial charge in [-0.3, -0.25) is 9.10 Å². The van der Waals surface area contributed by atoms with Crippen LogP contribution in [0.3, 0.4) is 0 Å². The lowest BCUT2D eigenvalue weighted by Crippen LogP contribution is -2.36. The fourth-order valence-electron chi connectivity index (χ4n) is 1.42. The number of benzene rings is 1. The van der Waals surface area contributed by atoms with Gasteiger partial charge in [-0.15, -0.1) is 0 Å². The third-order valence-corrected chi connectivity index (χ3v) is 3.30. The van der Waals surface area contributed by atoms with Crippen molar-refractivity contribution in [2.45, 2.75) is 20.0 Å². The summed E-state index contributed by atoms with van der Waals surface area (Å²) in [5.74, 6) is -1.15. The van der Waals surface area contributed by atoms with E-state index in [2.05, 4.69) is 0 Å². The minimum absolute atomic E-state index is 0.213. The molecule has 0 amide bonds. The van der Waals surface area contributed by atoms with Gasteiger partial charge in [-0.05, 0) is 38.1 Å². The topological polar surface area (TPSA) is 63.7 Å². The Morgan fingerprint density at radius 2 is 1.84 bits per heavy atom. The number of hydrogen-bond acceptors (Lipinski definition) is 4. The smallest absolute Gasteiger partial charge is 0.327 e. The fourth-order valence-corrected chi connectivity index (χ4v) is 2.27. The van der Waals surface area contributed by atoms with Crippen LogP contribution in [0.15, 0.2) is 24.3 Å². The van der Waals surface area contributed by atoms with Crippen molar-refractivity contribution in [2.75, 3.05) is 17.1 Å². The number of sulfonamides is 1. The largest absolute Gasteiger partial charge is 0.462 e. The number of halogens is 1. The maximum absolute atomic E-state index is 12.8. The van der Waals surface area contributed by atoms with Crippen LogP contribution in [0.2, 0.25) is 0 Å². The van der Waals surface area contributed by atoms with Crippen LogP contribution >= 0.6 is 0 Å². The first-order valence-electron chi connectivity index (χ1n) is 5.63. The lowest BCUT2D eigenvalue weighted by molar-refractivity contribution is -0.145. The summed E-state index contributed by atoms with van der Waals surface area (Å²) < 4.78 is 41.9. The van der Waals surface area contributed by atoms with Crippen molar-refractivity contribution in [1.82, 2.24) is 0 Å². The summed E-state index contributed by atoms with van der Waals surface area (Å²) in [5, 5.41) is 0. The molecule has 0 aliphatic carbocycles. The van der Waals surface area contributed by atoms with E-state index in [0.717, 1.165) is 22.7 Å². The summed E-state index contributed by atoms with van der Waals surface area (Å²) >= 11 is 0. The molecule has 0 spiro atoms. The lowest BCUT2D eigenvalue weighted by Gasteiger charge is -2.21. The van der Waals surface area contributed by atoms with Gasteiger partial charge in [0.2, 0.25) is 10.0 Å². The molecule has 5 nitrogen and oxygen atoms in total. The van der Waals surface area contributed by atoms with E-state index in [4.69, 9.17) is 4.74 Å². The molecule has 0 radical (unpaired) electrons. The summed E-state index contributed by atoms with van der Waals surface area (Å²) in [5.41, 5.74) is 0.213. The van der Waals surface area contributed by atoms with Crippen LogP contribution in [0.25, 0.3) is 0 Å². The number of ether oxygens (including phenoxy) is 1. The zero-order valence-electron chi connectivity index (χ0n) is 11.0. The average molecular weight is 289 g/mol. The first-order chi connectivity index (χ1) is 8.70. The number of hydrogen-bond donors (Lipinski definition) is 0. The Labute approximate surface area is 112 Å². The van der Waals surface area contributed by atoms with Crippen LogP contribution in [0.4, 0.5) is 10.1 Å². The molecule has 0 bridgehead atoms. The summed E-state index contributed by atoms with van der Waals surface area (Å²) in [6.07, 6.45) is 0.640. The molecule has 0 saturated heterocycles. The Kier molecular flexibility index (Phi) is 4.88. The molecular formula is C12H16FNO4S. The Bertz CT molecular complexity index is 539. The Morgan fingerprint density at radius 1 is 1.32 bits per heavy atom. The molecule has 0 heterocycles. The van der Waals surface area contributed by atoms with Gasteiger partial charge in [-0.1, -0.05) is 0 Å². The minimum Gasteiger partial charge on any atom is -0.462 e. The SMILES string of the molecule is CC(C)OC(=O)CN(c1ccc(F)cc1)S(C)(=O)=O. The van der Waals surface area contributed by atoms with Crippen molar-refractivity contribution < 1.29 is 22.3 Å². The number of anilines is 1. The lowest BCUT2D eigenvalue weighted by atomic mass is 10.3. The zero-order chi connectivity index (χ0) is 14.6. The second-order valence-corrected chi connectivity index (χ2v) is 6.19. The van der Waals surface area contributed by atoms with E-state index in [9.17, 15) is 17.6 Å². The van der Waals surface area contributed by atoms with E-state index >= 15 is 0 Å². The molecule has 0 unspecified atom stereocenters. The number of esters is 1. The molecule has 0 aliphatic heterocycles. The maximum atomic E-state index is 12.8. The Hall–Kier alpha value is -1.63. The van der Waals surface area contributed by atoms with Gasteiger partial charge in [-0.25, -0.2) is 12.8 Å². The molecule has 1 aromatic rings. The average Bonchev–Trinajstić information content (AvgIpc) is 2.25. The molecule has 19 heavy (non-hydrogen) atoms. The van der Waals surface area contributed by atoms with Gasteiger partial charge in [0, 0.05) is 0 Å². The van der Waals surface area contributed by atoms with E-state index < -0.39 is 28.4 Å². The number of carbonyl (C=O) groups excluding carboxylic acids is 1. The third-order valence-electron chi connectivity index (χ3n) is 2.15. The van der Waals surface area contributed by atoms with Gasteiger partial charge < -0.3 is 4.74 Å². The molecule has 0 saturated carbocycles. The molecule has 0 atom stereocenters. The predicted octanol–water partition coefficient (Wildman–Crippen LogP) is 1.54. The van der Waals surface area contributed by atoms with Crippen molar-refractivity contribution in [3.05, 3.63) is 30.1 Å². The van der Waals surface area contributed by atoms with Crippen molar-refractivity contribution in [3.8, 4) is 0 Å². The van der Waals surface area contributed by atoms with E-state index in [-0.39, 0.29) is 11.8 Å². The van der Waals surface area contributed by atoms with E-state index in [0.29, 0.717) is 0 Å². The highest BCUT2D eigenvalue weighted by molar-refractivity contribution is 7.92. The van der Waals surface area contributed by atoms with Gasteiger partial charge in [0.1, 0.15) is 12.4 Å². The highest BCUT2D eigenvalue weighted by Crippen LogP contribution is 2.17.